The molecular weight excluding hydrogens is 66.4 g/mol. The molecule has 0 N–H and O–H groups in total. The number of rotatable bonds is 0. The maximum atomic E-state index is 4.76. The van der Waals surface area contributed by atoms with Crippen LogP contribution < -0.4 is 0 Å². The number of hydrogen-bond acceptors (Lipinski definition) is 0. The average molecular weight is 70.4 g/mol. The molecule has 0 bridgehead atoms. The Morgan fingerprint density at radius 3 is 1.75 bits per heavy atom. The van der Waals surface area contributed by atoms with Crippen LogP contribution in [0.25, 0.3) is 0 Å². The van der Waals surface area contributed by atoms with Crippen LogP contribution in [0, 0.1) is 0 Å². The van der Waals surface area contributed by atoms with Gasteiger partial charge in [0, 0.05) is 0 Å². The second kappa shape index (κ2) is 9.45. The van der Waals surface area contributed by atoms with Gasteiger partial charge < -0.3 is 0 Å². The summed E-state index contributed by atoms with van der Waals surface area (Å²) in [5.74, 6) is 0. The van der Waals surface area contributed by atoms with Gasteiger partial charge in [0.25, 0.3) is 0 Å². The molecular formula is C2H4ClLi. The third kappa shape index (κ3) is 17.7. The van der Waals surface area contributed by atoms with Crippen molar-refractivity contribution < 1.29 is 0 Å². The second-order valence-corrected chi connectivity index (χ2v) is 0.463. The monoisotopic (exact) mass is 70.0 g/mol. The molecule has 0 aromatic heterocycles. The SMILES string of the molecule is C=CCl.[LiH]. The standard InChI is InChI=1S/C2H3Cl.Li.H/c1-2-3;;/h2H,1H2;;. The van der Waals surface area contributed by atoms with E-state index in [1.807, 2.05) is 0 Å². The topological polar surface area (TPSA) is 0 Å². The molecule has 20 valence electrons. The van der Waals surface area contributed by atoms with E-state index in [4.69, 9.17) is 11.6 Å². The third-order valence-corrected chi connectivity index (χ3v) is 0. The van der Waals surface area contributed by atoms with Gasteiger partial charge in [-0.1, -0.05) is 18.2 Å². The first-order valence-corrected chi connectivity index (χ1v) is 1.06. The second-order valence-electron chi connectivity index (χ2n) is 0.154. The van der Waals surface area contributed by atoms with E-state index in [2.05, 4.69) is 6.58 Å². The zero-order chi connectivity index (χ0) is 2.71. The Kier molecular flexibility index (Phi) is 20.8. The molecule has 0 nitrogen and oxygen atoms in total. The molecule has 0 aliphatic heterocycles. The molecule has 0 atom stereocenters. The fourth-order valence-electron chi connectivity index (χ4n) is 0. The molecule has 0 heterocycles. The molecule has 0 aliphatic carbocycles. The van der Waals surface area contributed by atoms with Gasteiger partial charge in [0.05, 0.1) is 0 Å². The summed E-state index contributed by atoms with van der Waals surface area (Å²) in [4.78, 5) is 0. The minimum atomic E-state index is 0. The number of hydrogen-bond donors (Lipinski definition) is 0. The molecule has 0 aromatic carbocycles. The van der Waals surface area contributed by atoms with Crippen LogP contribution >= 0.6 is 11.6 Å². The van der Waals surface area contributed by atoms with E-state index in [0.717, 1.165) is 0 Å². The van der Waals surface area contributed by atoms with Gasteiger partial charge in [0.2, 0.25) is 0 Å². The Balaban J connectivity index is 0. The van der Waals surface area contributed by atoms with Gasteiger partial charge in [-0.25, -0.2) is 0 Å². The van der Waals surface area contributed by atoms with Crippen molar-refractivity contribution in [2.24, 2.45) is 0 Å². The molecule has 0 unspecified atom stereocenters. The zero-order valence-electron chi connectivity index (χ0n) is 1.66. The van der Waals surface area contributed by atoms with Crippen LogP contribution in [0.1, 0.15) is 0 Å². The van der Waals surface area contributed by atoms with Crippen LogP contribution in [0.15, 0.2) is 12.1 Å². The Morgan fingerprint density at radius 2 is 1.75 bits per heavy atom. The molecule has 0 radical (unpaired) electrons. The molecule has 0 spiro atoms. The zero-order valence-corrected chi connectivity index (χ0v) is 2.42. The van der Waals surface area contributed by atoms with E-state index < -0.39 is 0 Å². The summed E-state index contributed by atoms with van der Waals surface area (Å²) in [6.45, 7) is 3.13. The Hall–Kier alpha value is 0.627. The minimum absolute atomic E-state index is 0. The van der Waals surface area contributed by atoms with Gasteiger partial charge in [-0.3, -0.25) is 0 Å². The first-order chi connectivity index (χ1) is 1.41. The molecule has 0 rings (SSSR count). The molecule has 0 amide bonds. The summed E-state index contributed by atoms with van der Waals surface area (Å²) in [7, 11) is 0. The first kappa shape index (κ1) is 8.82. The summed E-state index contributed by atoms with van der Waals surface area (Å²) < 4.78 is 0. The summed E-state index contributed by atoms with van der Waals surface area (Å²) in [6, 6.07) is 0. The van der Waals surface area contributed by atoms with Crippen LogP contribution in [-0.2, 0) is 0 Å². The fourth-order valence-corrected chi connectivity index (χ4v) is 0. The summed E-state index contributed by atoms with van der Waals surface area (Å²) >= 11 is 4.76. The van der Waals surface area contributed by atoms with Gasteiger partial charge in [-0.15, -0.1) is 0 Å². The van der Waals surface area contributed by atoms with Crippen molar-refractivity contribution in [1.82, 2.24) is 0 Å². The van der Waals surface area contributed by atoms with Crippen LogP contribution in [0.5, 0.6) is 0 Å². The molecule has 4 heavy (non-hydrogen) atoms. The van der Waals surface area contributed by atoms with Crippen molar-refractivity contribution >= 4 is 30.5 Å². The molecule has 0 aromatic rings. The predicted octanol–water partition coefficient (Wildman–Crippen LogP) is 0.720. The van der Waals surface area contributed by atoms with E-state index in [1.54, 1.807) is 0 Å². The molecule has 0 fully saturated rings. The van der Waals surface area contributed by atoms with Crippen molar-refractivity contribution in [2.45, 2.75) is 0 Å². The van der Waals surface area contributed by atoms with Crippen LogP contribution in [0.2, 0.25) is 0 Å². The summed E-state index contributed by atoms with van der Waals surface area (Å²) in [5.41, 5.74) is 1.22. The first-order valence-electron chi connectivity index (χ1n) is 0.626. The van der Waals surface area contributed by atoms with Crippen molar-refractivity contribution in [3.8, 4) is 0 Å². The van der Waals surface area contributed by atoms with Crippen LogP contribution in [0.3, 0.4) is 0 Å². The predicted molar refractivity (Wildman–Crippen MR) is 23.2 cm³/mol. The van der Waals surface area contributed by atoms with E-state index in [-0.39, 0.29) is 18.9 Å². The Morgan fingerprint density at radius 1 is 1.75 bits per heavy atom. The van der Waals surface area contributed by atoms with Crippen molar-refractivity contribution in [1.29, 1.82) is 0 Å². The van der Waals surface area contributed by atoms with Crippen molar-refractivity contribution in [2.75, 3.05) is 0 Å². The van der Waals surface area contributed by atoms with Gasteiger partial charge in [0.1, 0.15) is 0 Å². The van der Waals surface area contributed by atoms with Gasteiger partial charge in [-0.05, 0) is 5.54 Å². The van der Waals surface area contributed by atoms with Crippen LogP contribution in [-0.4, -0.2) is 18.9 Å². The summed E-state index contributed by atoms with van der Waals surface area (Å²) in [6.07, 6.45) is 0. The van der Waals surface area contributed by atoms with Crippen LogP contribution in [0.4, 0.5) is 0 Å². The van der Waals surface area contributed by atoms with E-state index in [1.165, 1.54) is 5.54 Å². The quantitative estimate of drug-likeness (QED) is 0.369. The fraction of sp³-hybridized carbons (Fsp3) is 0. The normalized spacial score (nSPS) is 3.25. The van der Waals surface area contributed by atoms with Crippen molar-refractivity contribution in [3.05, 3.63) is 12.1 Å². The Labute approximate surface area is 43.0 Å². The van der Waals surface area contributed by atoms with Gasteiger partial charge in [0.15, 0.2) is 0 Å². The van der Waals surface area contributed by atoms with E-state index in [9.17, 15) is 0 Å². The average Bonchev–Trinajstić information content (AvgIpc) is 0.918. The molecule has 0 saturated heterocycles. The molecule has 0 aliphatic rings. The Bertz CT molecular complexity index is 13.5. The maximum absolute atomic E-state index is 4.76. The third-order valence-electron chi connectivity index (χ3n) is 0. The van der Waals surface area contributed by atoms with Gasteiger partial charge in [-0.2, -0.15) is 0 Å². The molecule has 2 heteroatoms. The number of halogens is 1. The molecule has 0 saturated carbocycles. The van der Waals surface area contributed by atoms with Crippen molar-refractivity contribution in [3.63, 3.8) is 0 Å². The van der Waals surface area contributed by atoms with Gasteiger partial charge >= 0.3 is 18.9 Å². The van der Waals surface area contributed by atoms with E-state index >= 15 is 0 Å². The van der Waals surface area contributed by atoms with E-state index in [0.29, 0.717) is 0 Å². The summed E-state index contributed by atoms with van der Waals surface area (Å²) in [5, 5.41) is 0.